The van der Waals surface area contributed by atoms with Crippen LogP contribution in [0.25, 0.3) is 0 Å². The molecule has 134 valence electrons. The first-order valence-corrected chi connectivity index (χ1v) is 8.56. The minimum Gasteiger partial charge on any atom is -0.344 e. The molecule has 1 fully saturated rings. The van der Waals surface area contributed by atoms with Gasteiger partial charge in [0.25, 0.3) is 0 Å². The monoisotopic (exact) mass is 417 g/mol. The van der Waals surface area contributed by atoms with Gasteiger partial charge < -0.3 is 15.5 Å². The van der Waals surface area contributed by atoms with Crippen molar-refractivity contribution in [3.8, 4) is 0 Å². The number of amides is 2. The molecule has 24 heavy (non-hydrogen) atoms. The Morgan fingerprint density at radius 3 is 2.71 bits per heavy atom. The summed E-state index contributed by atoms with van der Waals surface area (Å²) in [5, 5.41) is 0. The Balaban J connectivity index is 0.00000288. The van der Waals surface area contributed by atoms with Crippen molar-refractivity contribution < 1.29 is 9.59 Å². The topological polar surface area (TPSA) is 66.6 Å². The van der Waals surface area contributed by atoms with Gasteiger partial charge in [0.2, 0.25) is 11.8 Å². The summed E-state index contributed by atoms with van der Waals surface area (Å²) in [4.78, 5) is 28.6. The van der Waals surface area contributed by atoms with Gasteiger partial charge in [-0.1, -0.05) is 35.8 Å². The van der Waals surface area contributed by atoms with Gasteiger partial charge in [0.05, 0.1) is 0 Å². The van der Waals surface area contributed by atoms with E-state index in [1.165, 1.54) is 0 Å². The van der Waals surface area contributed by atoms with Gasteiger partial charge in [0.15, 0.2) is 0 Å². The SMILES string of the molecule is CN(CC(C)(C)CN)C(=O)C1CCN(c2cccc(Br)c2)C1=O.Cl. The fraction of sp³-hybridized carbons (Fsp3) is 0.529. The lowest BCUT2D eigenvalue weighted by Gasteiger charge is -2.30. The average Bonchev–Trinajstić information content (AvgIpc) is 2.87. The molecule has 1 aliphatic rings. The second-order valence-corrected chi connectivity index (χ2v) is 7.79. The van der Waals surface area contributed by atoms with Crippen molar-refractivity contribution in [3.05, 3.63) is 28.7 Å². The number of rotatable bonds is 5. The van der Waals surface area contributed by atoms with Crippen LogP contribution in [-0.2, 0) is 9.59 Å². The highest BCUT2D eigenvalue weighted by Gasteiger charge is 2.39. The molecule has 0 aromatic heterocycles. The van der Waals surface area contributed by atoms with Crippen LogP contribution in [0.4, 0.5) is 5.69 Å². The van der Waals surface area contributed by atoms with Crippen molar-refractivity contribution >= 4 is 45.8 Å². The van der Waals surface area contributed by atoms with E-state index < -0.39 is 5.92 Å². The first-order valence-electron chi connectivity index (χ1n) is 7.77. The number of nitrogens with zero attached hydrogens (tertiary/aromatic N) is 2. The third-order valence-electron chi connectivity index (χ3n) is 4.22. The molecule has 2 amide bonds. The lowest BCUT2D eigenvalue weighted by atomic mass is 9.92. The molecule has 5 nitrogen and oxygen atoms in total. The zero-order chi connectivity index (χ0) is 17.2. The van der Waals surface area contributed by atoms with E-state index in [0.717, 1.165) is 10.2 Å². The van der Waals surface area contributed by atoms with Crippen LogP contribution in [0.15, 0.2) is 28.7 Å². The third-order valence-corrected chi connectivity index (χ3v) is 4.71. The molecule has 1 heterocycles. The molecule has 1 aromatic rings. The summed E-state index contributed by atoms with van der Waals surface area (Å²) in [7, 11) is 1.74. The maximum Gasteiger partial charge on any atom is 0.239 e. The maximum absolute atomic E-state index is 12.6. The summed E-state index contributed by atoms with van der Waals surface area (Å²) in [6, 6.07) is 7.58. The third kappa shape index (κ3) is 4.71. The largest absolute Gasteiger partial charge is 0.344 e. The number of benzene rings is 1. The van der Waals surface area contributed by atoms with Crippen molar-refractivity contribution in [2.45, 2.75) is 20.3 Å². The molecule has 0 bridgehead atoms. The normalized spacial score (nSPS) is 17.6. The highest BCUT2D eigenvalue weighted by molar-refractivity contribution is 9.10. The van der Waals surface area contributed by atoms with Crippen LogP contribution < -0.4 is 10.6 Å². The summed E-state index contributed by atoms with van der Waals surface area (Å²) < 4.78 is 0.916. The Labute approximate surface area is 158 Å². The van der Waals surface area contributed by atoms with Crippen molar-refractivity contribution in [2.24, 2.45) is 17.1 Å². The van der Waals surface area contributed by atoms with Gasteiger partial charge in [-0.15, -0.1) is 12.4 Å². The van der Waals surface area contributed by atoms with Gasteiger partial charge >= 0.3 is 0 Å². The van der Waals surface area contributed by atoms with E-state index in [9.17, 15) is 9.59 Å². The zero-order valence-electron chi connectivity index (χ0n) is 14.3. The van der Waals surface area contributed by atoms with Crippen LogP contribution in [0.1, 0.15) is 20.3 Å². The van der Waals surface area contributed by atoms with E-state index >= 15 is 0 Å². The summed E-state index contributed by atoms with van der Waals surface area (Å²) >= 11 is 3.41. The van der Waals surface area contributed by atoms with Crippen molar-refractivity contribution in [1.29, 1.82) is 0 Å². The second kappa shape index (κ2) is 8.32. The molecular formula is C17H25BrClN3O2. The predicted molar refractivity (Wildman–Crippen MR) is 102 cm³/mol. The highest BCUT2D eigenvalue weighted by atomic mass is 79.9. The maximum atomic E-state index is 12.6. The minimum atomic E-state index is -0.590. The molecule has 1 unspecified atom stereocenters. The number of carbonyl (C=O) groups excluding carboxylic acids is 2. The van der Waals surface area contributed by atoms with Crippen LogP contribution in [-0.4, -0.2) is 43.4 Å². The number of carbonyl (C=O) groups is 2. The molecule has 0 spiro atoms. The number of hydrogen-bond donors (Lipinski definition) is 1. The van der Waals surface area contributed by atoms with Crippen molar-refractivity contribution in [3.63, 3.8) is 0 Å². The van der Waals surface area contributed by atoms with Gasteiger partial charge in [0.1, 0.15) is 5.92 Å². The zero-order valence-corrected chi connectivity index (χ0v) is 16.7. The Morgan fingerprint density at radius 2 is 2.12 bits per heavy atom. The lowest BCUT2D eigenvalue weighted by molar-refractivity contribution is -0.139. The fourth-order valence-corrected chi connectivity index (χ4v) is 3.25. The molecule has 0 radical (unpaired) electrons. The number of anilines is 1. The summed E-state index contributed by atoms with van der Waals surface area (Å²) in [6.45, 7) is 5.64. The minimum absolute atomic E-state index is 0. The lowest BCUT2D eigenvalue weighted by Crippen LogP contribution is -2.44. The first kappa shape index (κ1) is 20.9. The Morgan fingerprint density at radius 1 is 1.46 bits per heavy atom. The number of halogens is 2. The number of hydrogen-bond acceptors (Lipinski definition) is 3. The summed E-state index contributed by atoms with van der Waals surface area (Å²) in [6.07, 6.45) is 0.553. The summed E-state index contributed by atoms with van der Waals surface area (Å²) in [5.74, 6) is -0.827. The fourth-order valence-electron chi connectivity index (χ4n) is 2.86. The van der Waals surface area contributed by atoms with Crippen LogP contribution in [0.2, 0.25) is 0 Å². The average molecular weight is 419 g/mol. The molecule has 2 N–H and O–H groups in total. The highest BCUT2D eigenvalue weighted by Crippen LogP contribution is 2.28. The quantitative estimate of drug-likeness (QED) is 0.748. The van der Waals surface area contributed by atoms with E-state index in [2.05, 4.69) is 15.9 Å². The Kier molecular flexibility index (Phi) is 7.25. The van der Waals surface area contributed by atoms with Crippen LogP contribution in [0, 0.1) is 11.3 Å². The molecular weight excluding hydrogens is 394 g/mol. The second-order valence-electron chi connectivity index (χ2n) is 6.87. The standard InChI is InChI=1S/C17H24BrN3O2.ClH/c1-17(2,10-19)11-20(3)15(22)14-7-8-21(16(14)23)13-6-4-5-12(18)9-13;/h4-6,9,14H,7-8,10-11,19H2,1-3H3;1H. The molecule has 1 saturated heterocycles. The van der Waals surface area contributed by atoms with Crippen molar-refractivity contribution in [2.75, 3.05) is 31.6 Å². The van der Waals surface area contributed by atoms with E-state index in [-0.39, 0.29) is 29.6 Å². The molecule has 0 saturated carbocycles. The number of nitrogens with two attached hydrogens (primary N) is 1. The molecule has 0 aliphatic carbocycles. The van der Waals surface area contributed by atoms with E-state index in [0.29, 0.717) is 26.1 Å². The van der Waals surface area contributed by atoms with Crippen LogP contribution >= 0.6 is 28.3 Å². The molecule has 7 heteroatoms. The molecule has 2 rings (SSSR count). The first-order chi connectivity index (χ1) is 10.7. The predicted octanol–water partition coefficient (Wildman–Crippen LogP) is 2.67. The van der Waals surface area contributed by atoms with E-state index in [4.69, 9.17) is 5.73 Å². The Hall–Kier alpha value is -1.11. The summed E-state index contributed by atoms with van der Waals surface area (Å²) in [5.41, 5.74) is 6.40. The van der Waals surface area contributed by atoms with E-state index in [1.807, 2.05) is 38.1 Å². The molecule has 1 aromatic carbocycles. The van der Waals surface area contributed by atoms with Gasteiger partial charge in [-0.3, -0.25) is 9.59 Å². The van der Waals surface area contributed by atoms with Gasteiger partial charge in [-0.05, 0) is 36.6 Å². The molecule has 1 atom stereocenters. The van der Waals surface area contributed by atoms with Crippen LogP contribution in [0.3, 0.4) is 0 Å². The molecule has 1 aliphatic heterocycles. The Bertz CT molecular complexity index is 609. The van der Waals surface area contributed by atoms with E-state index in [1.54, 1.807) is 16.8 Å². The van der Waals surface area contributed by atoms with Gasteiger partial charge in [-0.25, -0.2) is 0 Å². The van der Waals surface area contributed by atoms with Crippen molar-refractivity contribution in [1.82, 2.24) is 4.90 Å². The smallest absolute Gasteiger partial charge is 0.239 e. The van der Waals surface area contributed by atoms with Crippen LogP contribution in [0.5, 0.6) is 0 Å². The van der Waals surface area contributed by atoms with Gasteiger partial charge in [0, 0.05) is 30.3 Å². The van der Waals surface area contributed by atoms with Gasteiger partial charge in [-0.2, -0.15) is 0 Å².